The summed E-state index contributed by atoms with van der Waals surface area (Å²) in [5.74, 6) is -0.354. The van der Waals surface area contributed by atoms with E-state index in [9.17, 15) is 9.18 Å². The van der Waals surface area contributed by atoms with Crippen molar-refractivity contribution in [2.24, 2.45) is 0 Å². The number of pyridine rings is 1. The molecule has 0 unspecified atom stereocenters. The van der Waals surface area contributed by atoms with E-state index in [1.54, 1.807) is 6.92 Å². The first-order valence-electron chi connectivity index (χ1n) is 5.96. The van der Waals surface area contributed by atoms with Crippen molar-refractivity contribution >= 4 is 11.7 Å². The Morgan fingerprint density at radius 1 is 1.35 bits per heavy atom. The van der Waals surface area contributed by atoms with E-state index in [1.165, 1.54) is 30.5 Å². The number of esters is 1. The molecule has 0 aliphatic carbocycles. The van der Waals surface area contributed by atoms with Gasteiger partial charge in [-0.3, -0.25) is 0 Å². The molecule has 104 valence electrons. The van der Waals surface area contributed by atoms with Crippen molar-refractivity contribution in [2.45, 2.75) is 6.92 Å². The molecule has 1 aromatic heterocycles. The lowest BCUT2D eigenvalue weighted by Gasteiger charge is -2.08. The number of ether oxygens (including phenoxy) is 2. The molecule has 0 saturated carbocycles. The zero-order chi connectivity index (χ0) is 14.5. The Hall–Kier alpha value is -2.63. The normalized spacial score (nSPS) is 10.1. The summed E-state index contributed by atoms with van der Waals surface area (Å²) in [4.78, 5) is 15.4. The molecule has 0 amide bonds. The fourth-order valence-corrected chi connectivity index (χ4v) is 1.50. The summed E-state index contributed by atoms with van der Waals surface area (Å²) in [5.41, 5.74) is 6.11. The maximum Gasteiger partial charge on any atom is 0.339 e. The number of nitrogens with two attached hydrogens (primary N) is 1. The Balaban J connectivity index is 2.12. The summed E-state index contributed by atoms with van der Waals surface area (Å²) in [6.07, 6.45) is 1.34. The number of rotatable bonds is 4. The fraction of sp³-hybridized carbons (Fsp3) is 0.143. The van der Waals surface area contributed by atoms with Crippen LogP contribution in [0.5, 0.6) is 11.6 Å². The van der Waals surface area contributed by atoms with Gasteiger partial charge in [-0.25, -0.2) is 14.2 Å². The summed E-state index contributed by atoms with van der Waals surface area (Å²) in [7, 11) is 0. The van der Waals surface area contributed by atoms with Crippen molar-refractivity contribution in [3.63, 3.8) is 0 Å². The summed E-state index contributed by atoms with van der Waals surface area (Å²) in [5, 5.41) is 0. The molecule has 1 heterocycles. The maximum atomic E-state index is 12.9. The highest BCUT2D eigenvalue weighted by Crippen LogP contribution is 2.26. The van der Waals surface area contributed by atoms with Crippen LogP contribution in [-0.2, 0) is 4.74 Å². The molecule has 5 nitrogen and oxygen atoms in total. The molecule has 0 spiro atoms. The van der Waals surface area contributed by atoms with E-state index < -0.39 is 11.8 Å². The van der Waals surface area contributed by atoms with Gasteiger partial charge in [0.2, 0.25) is 5.88 Å². The molecule has 0 saturated heterocycles. The van der Waals surface area contributed by atoms with Gasteiger partial charge in [-0.15, -0.1) is 0 Å². The van der Waals surface area contributed by atoms with Crippen molar-refractivity contribution in [3.05, 3.63) is 47.9 Å². The predicted octanol–water partition coefficient (Wildman–Crippen LogP) is 2.77. The average molecular weight is 276 g/mol. The molecule has 0 atom stereocenters. The molecular weight excluding hydrogens is 263 g/mol. The lowest BCUT2D eigenvalue weighted by atomic mass is 10.3. The van der Waals surface area contributed by atoms with Gasteiger partial charge in [0.05, 0.1) is 17.9 Å². The van der Waals surface area contributed by atoms with Crippen LogP contribution < -0.4 is 10.5 Å². The second-order valence-electron chi connectivity index (χ2n) is 3.89. The summed E-state index contributed by atoms with van der Waals surface area (Å²) >= 11 is 0. The van der Waals surface area contributed by atoms with Crippen molar-refractivity contribution in [3.8, 4) is 11.6 Å². The minimum absolute atomic E-state index is 0.168. The zero-order valence-electron chi connectivity index (χ0n) is 10.8. The van der Waals surface area contributed by atoms with E-state index in [1.807, 2.05) is 0 Å². The number of anilines is 1. The number of aromatic nitrogens is 1. The van der Waals surface area contributed by atoms with Gasteiger partial charge in [0.15, 0.2) is 5.75 Å². The van der Waals surface area contributed by atoms with Gasteiger partial charge < -0.3 is 15.2 Å². The second kappa shape index (κ2) is 6.01. The number of benzene rings is 1. The molecule has 2 rings (SSSR count). The smallest absolute Gasteiger partial charge is 0.339 e. The van der Waals surface area contributed by atoms with Crippen LogP contribution in [-0.4, -0.2) is 17.6 Å². The van der Waals surface area contributed by atoms with Crippen LogP contribution in [0.15, 0.2) is 36.5 Å². The highest BCUT2D eigenvalue weighted by molar-refractivity contribution is 5.89. The number of halogens is 1. The van der Waals surface area contributed by atoms with E-state index >= 15 is 0 Å². The number of hydrogen-bond acceptors (Lipinski definition) is 5. The Labute approximate surface area is 115 Å². The van der Waals surface area contributed by atoms with Crippen molar-refractivity contribution in [1.29, 1.82) is 0 Å². The van der Waals surface area contributed by atoms with Gasteiger partial charge in [0, 0.05) is 18.3 Å². The lowest BCUT2D eigenvalue weighted by Crippen LogP contribution is -2.05. The Kier molecular flexibility index (Phi) is 4.14. The first-order chi connectivity index (χ1) is 9.60. The highest BCUT2D eigenvalue weighted by Gasteiger charge is 2.08. The van der Waals surface area contributed by atoms with Crippen LogP contribution >= 0.6 is 0 Å². The number of hydrogen-bond donors (Lipinski definition) is 1. The Morgan fingerprint density at radius 3 is 2.75 bits per heavy atom. The molecule has 0 aliphatic rings. The highest BCUT2D eigenvalue weighted by atomic mass is 19.1. The predicted molar refractivity (Wildman–Crippen MR) is 71.1 cm³/mol. The van der Waals surface area contributed by atoms with Crippen LogP contribution in [0, 0.1) is 5.82 Å². The Morgan fingerprint density at radius 2 is 2.15 bits per heavy atom. The van der Waals surface area contributed by atoms with E-state index in [0.717, 1.165) is 6.07 Å². The molecule has 0 bridgehead atoms. The zero-order valence-corrected chi connectivity index (χ0v) is 10.8. The first kappa shape index (κ1) is 13.8. The molecule has 0 fully saturated rings. The molecule has 0 radical (unpaired) electrons. The van der Waals surface area contributed by atoms with Crippen LogP contribution in [0.3, 0.4) is 0 Å². The van der Waals surface area contributed by atoms with E-state index in [4.69, 9.17) is 15.2 Å². The molecule has 2 aromatic rings. The SMILES string of the molecule is CCOC(=O)c1ccc(Oc2ccc(F)cc2N)nc1. The monoisotopic (exact) mass is 276 g/mol. The quantitative estimate of drug-likeness (QED) is 0.686. The molecule has 6 heteroatoms. The van der Waals surface area contributed by atoms with Gasteiger partial charge in [-0.2, -0.15) is 0 Å². The first-order valence-corrected chi connectivity index (χ1v) is 5.96. The minimum atomic E-state index is -0.451. The molecular formula is C14H13FN2O3. The number of carbonyl (C=O) groups excluding carboxylic acids is 1. The van der Waals surface area contributed by atoms with Gasteiger partial charge >= 0.3 is 5.97 Å². The largest absolute Gasteiger partial charge is 0.462 e. The topological polar surface area (TPSA) is 74.4 Å². The van der Waals surface area contributed by atoms with Gasteiger partial charge in [-0.1, -0.05) is 0 Å². The minimum Gasteiger partial charge on any atom is -0.462 e. The average Bonchev–Trinajstić information content (AvgIpc) is 2.43. The van der Waals surface area contributed by atoms with Gasteiger partial charge in [-0.05, 0) is 25.1 Å². The third-order valence-corrected chi connectivity index (χ3v) is 2.43. The lowest BCUT2D eigenvalue weighted by molar-refractivity contribution is 0.0526. The van der Waals surface area contributed by atoms with E-state index in [0.29, 0.717) is 17.9 Å². The molecule has 2 N–H and O–H groups in total. The third kappa shape index (κ3) is 3.23. The number of carbonyl (C=O) groups is 1. The summed E-state index contributed by atoms with van der Waals surface area (Å²) in [6.45, 7) is 2.02. The molecule has 1 aromatic carbocycles. The van der Waals surface area contributed by atoms with Crippen LogP contribution in [0.25, 0.3) is 0 Å². The molecule has 0 aliphatic heterocycles. The molecule has 20 heavy (non-hydrogen) atoms. The third-order valence-electron chi connectivity index (χ3n) is 2.43. The van der Waals surface area contributed by atoms with Crippen LogP contribution in [0.4, 0.5) is 10.1 Å². The van der Waals surface area contributed by atoms with Crippen molar-refractivity contribution < 1.29 is 18.7 Å². The summed E-state index contributed by atoms with van der Waals surface area (Å²) < 4.78 is 23.1. The van der Waals surface area contributed by atoms with Gasteiger partial charge in [0.1, 0.15) is 5.82 Å². The summed E-state index contributed by atoms with van der Waals surface area (Å²) in [6, 6.07) is 6.84. The second-order valence-corrected chi connectivity index (χ2v) is 3.89. The van der Waals surface area contributed by atoms with E-state index in [-0.39, 0.29) is 11.6 Å². The van der Waals surface area contributed by atoms with Crippen LogP contribution in [0.2, 0.25) is 0 Å². The standard InChI is InChI=1S/C14H13FN2O3/c1-2-19-14(18)9-3-6-13(17-8-9)20-12-5-4-10(15)7-11(12)16/h3-8H,2,16H2,1H3. The van der Waals surface area contributed by atoms with Crippen LogP contribution in [0.1, 0.15) is 17.3 Å². The Bertz CT molecular complexity index is 614. The number of nitrogens with zero attached hydrogens (tertiary/aromatic N) is 1. The maximum absolute atomic E-state index is 12.9. The van der Waals surface area contributed by atoms with Crippen molar-refractivity contribution in [2.75, 3.05) is 12.3 Å². The van der Waals surface area contributed by atoms with Crippen molar-refractivity contribution in [1.82, 2.24) is 4.98 Å². The van der Waals surface area contributed by atoms with E-state index in [2.05, 4.69) is 4.98 Å². The number of nitrogen functional groups attached to an aromatic ring is 1. The fourth-order valence-electron chi connectivity index (χ4n) is 1.50. The van der Waals surface area contributed by atoms with Gasteiger partial charge in [0.25, 0.3) is 0 Å².